The maximum absolute atomic E-state index is 10.9. The van der Waals surface area contributed by atoms with Crippen LogP contribution in [0.5, 0.6) is 5.75 Å². The van der Waals surface area contributed by atoms with Gasteiger partial charge in [0.15, 0.2) is 5.69 Å². The largest absolute Gasteiger partial charge is 0.506 e. The van der Waals surface area contributed by atoms with Gasteiger partial charge in [0.2, 0.25) is 0 Å². The number of benzene rings is 1. The number of phenols is 1. The van der Waals surface area contributed by atoms with Gasteiger partial charge in [-0.1, -0.05) is 25.5 Å². The molecule has 1 aromatic heterocycles. The number of aryl methyl sites for hydroxylation is 1. The topological polar surface area (TPSA) is 75.3 Å². The molecule has 0 aliphatic carbocycles. The Morgan fingerprint density at radius 1 is 1.39 bits per heavy atom. The van der Waals surface area contributed by atoms with Crippen LogP contribution in [0.2, 0.25) is 0 Å². The van der Waals surface area contributed by atoms with Gasteiger partial charge >= 0.3 is 5.97 Å². The fraction of sp³-hybridized carbons (Fsp3) is 0.231. The van der Waals surface area contributed by atoms with E-state index in [2.05, 4.69) is 5.10 Å². The molecule has 2 aromatic rings. The number of hydrogen-bond donors (Lipinski definition) is 2. The Balaban J connectivity index is 2.55. The van der Waals surface area contributed by atoms with Crippen LogP contribution in [0.15, 0.2) is 30.3 Å². The van der Waals surface area contributed by atoms with Crippen molar-refractivity contribution in [1.82, 2.24) is 9.78 Å². The van der Waals surface area contributed by atoms with Crippen LogP contribution in [0.4, 0.5) is 0 Å². The number of carboxylic acid groups (broad SMARTS) is 1. The van der Waals surface area contributed by atoms with Crippen molar-refractivity contribution in [1.29, 1.82) is 0 Å². The lowest BCUT2D eigenvalue weighted by molar-refractivity contribution is 0.0690. The minimum atomic E-state index is -1.07. The second-order valence-corrected chi connectivity index (χ2v) is 3.98. The molecule has 0 bridgehead atoms. The number of hydrogen-bond acceptors (Lipinski definition) is 3. The summed E-state index contributed by atoms with van der Waals surface area (Å²) in [5, 5.41) is 22.8. The van der Waals surface area contributed by atoms with Gasteiger partial charge in [0, 0.05) is 5.69 Å². The third kappa shape index (κ3) is 2.20. The van der Waals surface area contributed by atoms with E-state index in [0.29, 0.717) is 12.1 Å². The first-order chi connectivity index (χ1) is 8.63. The maximum atomic E-state index is 10.9. The average molecular weight is 246 g/mol. The summed E-state index contributed by atoms with van der Waals surface area (Å²) in [4.78, 5) is 10.9. The number of para-hydroxylation sites is 2. The second-order valence-electron chi connectivity index (χ2n) is 3.98. The van der Waals surface area contributed by atoms with E-state index in [1.807, 2.05) is 6.92 Å². The standard InChI is InChI=1S/C13H14N2O3/c1-2-5-9-8-10(13(17)18)14-15(9)11-6-3-4-7-12(11)16/h3-4,6-8,16H,2,5H2,1H3,(H,17,18). The zero-order valence-corrected chi connectivity index (χ0v) is 10.00. The average Bonchev–Trinajstić information content (AvgIpc) is 2.74. The van der Waals surface area contributed by atoms with Crippen LogP contribution in [0.25, 0.3) is 5.69 Å². The Bertz CT molecular complexity index is 575. The molecule has 1 heterocycles. The highest BCUT2D eigenvalue weighted by Crippen LogP contribution is 2.23. The molecule has 0 amide bonds. The zero-order valence-electron chi connectivity index (χ0n) is 10.00. The lowest BCUT2D eigenvalue weighted by atomic mass is 10.2. The van der Waals surface area contributed by atoms with E-state index in [1.165, 1.54) is 10.7 Å². The van der Waals surface area contributed by atoms with Gasteiger partial charge in [-0.25, -0.2) is 9.48 Å². The monoisotopic (exact) mass is 246 g/mol. The molecule has 0 saturated heterocycles. The van der Waals surface area contributed by atoms with E-state index in [1.54, 1.807) is 24.3 Å². The van der Waals surface area contributed by atoms with Gasteiger partial charge in [0.05, 0.1) is 0 Å². The summed E-state index contributed by atoms with van der Waals surface area (Å²) in [6.45, 7) is 2.00. The first-order valence-electron chi connectivity index (χ1n) is 5.74. The highest BCUT2D eigenvalue weighted by atomic mass is 16.4. The van der Waals surface area contributed by atoms with E-state index in [0.717, 1.165) is 12.1 Å². The summed E-state index contributed by atoms with van der Waals surface area (Å²) in [5.41, 5.74) is 1.26. The van der Waals surface area contributed by atoms with Crippen LogP contribution in [-0.2, 0) is 6.42 Å². The van der Waals surface area contributed by atoms with Crippen LogP contribution in [0.1, 0.15) is 29.5 Å². The van der Waals surface area contributed by atoms with Crippen LogP contribution in [0, 0.1) is 0 Å². The number of aromatic hydroxyl groups is 1. The number of carbonyl (C=O) groups is 1. The Hall–Kier alpha value is -2.30. The molecular weight excluding hydrogens is 232 g/mol. The molecule has 5 nitrogen and oxygen atoms in total. The lowest BCUT2D eigenvalue weighted by Crippen LogP contribution is -2.04. The molecule has 5 heteroatoms. The van der Waals surface area contributed by atoms with Crippen molar-refractivity contribution >= 4 is 5.97 Å². The predicted octanol–water partition coefficient (Wildman–Crippen LogP) is 2.23. The Kier molecular flexibility index (Phi) is 3.32. The van der Waals surface area contributed by atoms with Gasteiger partial charge in [-0.2, -0.15) is 5.10 Å². The van der Waals surface area contributed by atoms with Gasteiger partial charge in [0.1, 0.15) is 11.4 Å². The zero-order chi connectivity index (χ0) is 13.1. The maximum Gasteiger partial charge on any atom is 0.356 e. The number of phenolic OH excluding ortho intramolecular Hbond substituents is 1. The molecule has 0 aliphatic rings. The SMILES string of the molecule is CCCc1cc(C(=O)O)nn1-c1ccccc1O. The molecule has 0 spiro atoms. The van der Waals surface area contributed by atoms with Gasteiger partial charge < -0.3 is 10.2 Å². The van der Waals surface area contributed by atoms with Crippen molar-refractivity contribution in [2.45, 2.75) is 19.8 Å². The molecule has 2 N–H and O–H groups in total. The van der Waals surface area contributed by atoms with Crippen LogP contribution in [-0.4, -0.2) is 26.0 Å². The van der Waals surface area contributed by atoms with E-state index >= 15 is 0 Å². The molecule has 94 valence electrons. The van der Waals surface area contributed by atoms with Crippen LogP contribution in [0.3, 0.4) is 0 Å². The first-order valence-corrected chi connectivity index (χ1v) is 5.74. The molecule has 0 unspecified atom stereocenters. The summed E-state index contributed by atoms with van der Waals surface area (Å²) in [5.74, 6) is -0.989. The van der Waals surface area contributed by atoms with Crippen molar-refractivity contribution in [3.8, 4) is 11.4 Å². The van der Waals surface area contributed by atoms with E-state index in [4.69, 9.17) is 5.11 Å². The summed E-state index contributed by atoms with van der Waals surface area (Å²) < 4.78 is 1.49. The molecule has 18 heavy (non-hydrogen) atoms. The van der Waals surface area contributed by atoms with E-state index < -0.39 is 5.97 Å². The molecule has 0 atom stereocenters. The summed E-state index contributed by atoms with van der Waals surface area (Å²) >= 11 is 0. The highest BCUT2D eigenvalue weighted by Gasteiger charge is 2.15. The van der Waals surface area contributed by atoms with Gasteiger partial charge in [-0.3, -0.25) is 0 Å². The number of carboxylic acids is 1. The minimum absolute atomic E-state index is 0.0123. The minimum Gasteiger partial charge on any atom is -0.506 e. The number of aromatic nitrogens is 2. The summed E-state index contributed by atoms with van der Waals surface area (Å²) in [7, 11) is 0. The second kappa shape index (κ2) is 4.91. The summed E-state index contributed by atoms with van der Waals surface area (Å²) in [6, 6.07) is 8.27. The summed E-state index contributed by atoms with van der Waals surface area (Å²) in [6.07, 6.45) is 1.58. The predicted molar refractivity (Wildman–Crippen MR) is 66.2 cm³/mol. The Morgan fingerprint density at radius 2 is 2.11 bits per heavy atom. The Morgan fingerprint density at radius 3 is 2.72 bits per heavy atom. The van der Waals surface area contributed by atoms with Crippen molar-refractivity contribution in [2.75, 3.05) is 0 Å². The van der Waals surface area contributed by atoms with Gasteiger partial charge in [-0.15, -0.1) is 0 Å². The lowest BCUT2D eigenvalue weighted by Gasteiger charge is -2.07. The molecule has 0 radical (unpaired) electrons. The molecule has 0 aliphatic heterocycles. The smallest absolute Gasteiger partial charge is 0.356 e. The molecule has 2 rings (SSSR count). The van der Waals surface area contributed by atoms with Crippen molar-refractivity contribution in [2.24, 2.45) is 0 Å². The molecule has 0 fully saturated rings. The normalized spacial score (nSPS) is 10.5. The van der Waals surface area contributed by atoms with Crippen molar-refractivity contribution in [3.05, 3.63) is 41.7 Å². The van der Waals surface area contributed by atoms with Gasteiger partial charge in [0.25, 0.3) is 0 Å². The molecule has 1 aromatic carbocycles. The Labute approximate surface area is 104 Å². The van der Waals surface area contributed by atoms with Crippen molar-refractivity contribution < 1.29 is 15.0 Å². The number of aromatic carboxylic acids is 1. The van der Waals surface area contributed by atoms with Crippen molar-refractivity contribution in [3.63, 3.8) is 0 Å². The number of rotatable bonds is 4. The fourth-order valence-corrected chi connectivity index (χ4v) is 1.81. The quantitative estimate of drug-likeness (QED) is 0.867. The van der Waals surface area contributed by atoms with Gasteiger partial charge in [-0.05, 0) is 24.6 Å². The first kappa shape index (κ1) is 12.2. The van der Waals surface area contributed by atoms with E-state index in [9.17, 15) is 9.90 Å². The van der Waals surface area contributed by atoms with E-state index in [-0.39, 0.29) is 11.4 Å². The third-order valence-electron chi connectivity index (χ3n) is 2.62. The highest BCUT2D eigenvalue weighted by molar-refractivity contribution is 5.85. The van der Waals surface area contributed by atoms with Crippen LogP contribution >= 0.6 is 0 Å². The number of nitrogens with zero attached hydrogens (tertiary/aromatic N) is 2. The molecule has 0 saturated carbocycles. The third-order valence-corrected chi connectivity index (χ3v) is 2.62. The van der Waals surface area contributed by atoms with Crippen LogP contribution < -0.4 is 0 Å². The fourth-order valence-electron chi connectivity index (χ4n) is 1.81. The molecular formula is C13H14N2O3.